The van der Waals surface area contributed by atoms with Crippen LogP contribution in [0.5, 0.6) is 0 Å². The lowest BCUT2D eigenvalue weighted by molar-refractivity contribution is -0.117. The number of anilines is 1. The molecule has 0 bridgehead atoms. The van der Waals surface area contributed by atoms with Crippen LogP contribution in [0.15, 0.2) is 64.8 Å². The summed E-state index contributed by atoms with van der Waals surface area (Å²) in [5.41, 5.74) is 2.25. The van der Waals surface area contributed by atoms with Gasteiger partial charge in [-0.25, -0.2) is 4.98 Å². The number of nitrogens with zero attached hydrogens (tertiary/aromatic N) is 2. The fourth-order valence-electron chi connectivity index (χ4n) is 3.21. The van der Waals surface area contributed by atoms with E-state index in [0.717, 1.165) is 11.1 Å². The van der Waals surface area contributed by atoms with E-state index in [0.29, 0.717) is 33.3 Å². The minimum atomic E-state index is -0.198. The predicted molar refractivity (Wildman–Crippen MR) is 122 cm³/mol. The minimum Gasteiger partial charge on any atom is -0.324 e. The molecular weight excluding hydrogens is 420 g/mol. The topological polar surface area (TPSA) is 78.1 Å². The molecule has 0 saturated heterocycles. The quantitative estimate of drug-likeness (QED) is 0.468. The average molecular weight is 439 g/mol. The Morgan fingerprint density at radius 2 is 1.90 bits per heavy atom. The van der Waals surface area contributed by atoms with E-state index in [1.807, 2.05) is 35.7 Å². The van der Waals surface area contributed by atoms with Gasteiger partial charge in [-0.15, -0.1) is 11.3 Å². The second-order valence-electron chi connectivity index (χ2n) is 6.91. The summed E-state index contributed by atoms with van der Waals surface area (Å²) in [5, 5.41) is 5.81. The molecule has 0 fully saturated rings. The van der Waals surface area contributed by atoms with Gasteiger partial charge in [-0.1, -0.05) is 54.1 Å². The van der Waals surface area contributed by atoms with Crippen molar-refractivity contribution in [2.45, 2.75) is 6.54 Å². The number of H-pyrrole nitrogens is 1. The molecule has 0 aliphatic carbocycles. The first-order valence-corrected chi connectivity index (χ1v) is 10.6. The van der Waals surface area contributed by atoms with Gasteiger partial charge < -0.3 is 10.3 Å². The lowest BCUT2D eigenvalue weighted by atomic mass is 10.1. The monoisotopic (exact) mass is 438 g/mol. The van der Waals surface area contributed by atoms with Gasteiger partial charge in [0.15, 0.2) is 0 Å². The van der Waals surface area contributed by atoms with E-state index in [-0.39, 0.29) is 18.0 Å². The minimum absolute atomic E-state index is 0.132. The molecule has 2 N–H and O–H groups in total. The van der Waals surface area contributed by atoms with Crippen molar-refractivity contribution in [2.24, 2.45) is 0 Å². The van der Waals surface area contributed by atoms with Crippen molar-refractivity contribution in [3.05, 3.63) is 81.2 Å². The molecule has 2 heterocycles. The van der Waals surface area contributed by atoms with Crippen LogP contribution in [-0.4, -0.2) is 34.4 Å². The Kier molecular flexibility index (Phi) is 5.94. The molecule has 4 aromatic rings. The fourth-order valence-corrected chi connectivity index (χ4v) is 4.36. The lowest BCUT2D eigenvalue weighted by Crippen LogP contribution is -2.31. The standard InChI is InChI=1S/C22H19ClN4O2S/c1-27(12-19(28)24-17-10-6-5-9-16(17)23)11-18-25-21(29)20-15(13-30-22(20)26-18)14-7-3-2-4-8-14/h2-10,13H,11-12H2,1H3,(H,24,28)(H,25,26,29). The van der Waals surface area contributed by atoms with Crippen LogP contribution in [0.3, 0.4) is 0 Å². The van der Waals surface area contributed by atoms with Crippen molar-refractivity contribution in [2.75, 3.05) is 18.9 Å². The Hall–Kier alpha value is -3.00. The van der Waals surface area contributed by atoms with Gasteiger partial charge in [-0.3, -0.25) is 14.5 Å². The van der Waals surface area contributed by atoms with Gasteiger partial charge in [0.2, 0.25) is 5.91 Å². The normalized spacial score (nSPS) is 11.2. The van der Waals surface area contributed by atoms with Gasteiger partial charge in [0, 0.05) is 10.9 Å². The second-order valence-corrected chi connectivity index (χ2v) is 8.17. The number of benzene rings is 2. The number of likely N-dealkylation sites (N-methyl/N-ethyl adjacent to an activating group) is 1. The Morgan fingerprint density at radius 3 is 2.67 bits per heavy atom. The molecule has 0 saturated carbocycles. The highest BCUT2D eigenvalue weighted by Gasteiger charge is 2.15. The number of carbonyl (C=O) groups excluding carboxylic acids is 1. The van der Waals surface area contributed by atoms with Gasteiger partial charge in [-0.2, -0.15) is 0 Å². The zero-order chi connectivity index (χ0) is 21.1. The fraction of sp³-hybridized carbons (Fsp3) is 0.136. The number of hydrogen-bond acceptors (Lipinski definition) is 5. The highest BCUT2D eigenvalue weighted by Crippen LogP contribution is 2.30. The third-order valence-corrected chi connectivity index (χ3v) is 5.76. The van der Waals surface area contributed by atoms with E-state index in [1.165, 1.54) is 11.3 Å². The number of aromatic amines is 1. The molecule has 0 aliphatic rings. The van der Waals surface area contributed by atoms with Crippen LogP contribution in [0.4, 0.5) is 5.69 Å². The number of aromatic nitrogens is 2. The molecule has 6 nitrogen and oxygen atoms in total. The number of carbonyl (C=O) groups is 1. The number of nitrogens with one attached hydrogen (secondary N) is 2. The van der Waals surface area contributed by atoms with E-state index in [2.05, 4.69) is 15.3 Å². The smallest absolute Gasteiger partial charge is 0.260 e. The summed E-state index contributed by atoms with van der Waals surface area (Å²) in [5.74, 6) is 0.318. The predicted octanol–water partition coefficient (Wildman–Crippen LogP) is 4.38. The van der Waals surface area contributed by atoms with Crippen molar-refractivity contribution in [3.8, 4) is 11.1 Å². The maximum atomic E-state index is 12.7. The van der Waals surface area contributed by atoms with Crippen LogP contribution in [0.2, 0.25) is 5.02 Å². The van der Waals surface area contributed by atoms with E-state index >= 15 is 0 Å². The first-order valence-electron chi connectivity index (χ1n) is 9.30. The molecule has 4 rings (SSSR count). The number of amides is 1. The van der Waals surface area contributed by atoms with Crippen LogP contribution in [0.25, 0.3) is 21.3 Å². The first kappa shape index (κ1) is 20.3. The van der Waals surface area contributed by atoms with Crippen LogP contribution in [-0.2, 0) is 11.3 Å². The molecule has 8 heteroatoms. The van der Waals surface area contributed by atoms with Crippen LogP contribution in [0, 0.1) is 0 Å². The van der Waals surface area contributed by atoms with Crippen molar-refractivity contribution in [1.82, 2.24) is 14.9 Å². The number of hydrogen-bond donors (Lipinski definition) is 2. The zero-order valence-corrected chi connectivity index (χ0v) is 17.8. The van der Waals surface area contributed by atoms with Gasteiger partial charge >= 0.3 is 0 Å². The van der Waals surface area contributed by atoms with Crippen LogP contribution in [0.1, 0.15) is 5.82 Å². The molecule has 30 heavy (non-hydrogen) atoms. The van der Waals surface area contributed by atoms with E-state index in [1.54, 1.807) is 36.2 Å². The summed E-state index contributed by atoms with van der Waals surface area (Å²) >= 11 is 7.51. The highest BCUT2D eigenvalue weighted by atomic mass is 35.5. The molecule has 0 radical (unpaired) electrons. The molecule has 0 unspecified atom stereocenters. The van der Waals surface area contributed by atoms with Gasteiger partial charge in [0.1, 0.15) is 10.7 Å². The maximum absolute atomic E-state index is 12.7. The lowest BCUT2D eigenvalue weighted by Gasteiger charge is -2.16. The van der Waals surface area contributed by atoms with Crippen molar-refractivity contribution in [3.63, 3.8) is 0 Å². The van der Waals surface area contributed by atoms with Crippen LogP contribution < -0.4 is 10.9 Å². The largest absolute Gasteiger partial charge is 0.324 e. The van der Waals surface area contributed by atoms with Crippen molar-refractivity contribution >= 4 is 44.7 Å². The van der Waals surface area contributed by atoms with Crippen molar-refractivity contribution < 1.29 is 4.79 Å². The highest BCUT2D eigenvalue weighted by molar-refractivity contribution is 7.17. The zero-order valence-electron chi connectivity index (χ0n) is 16.2. The number of rotatable bonds is 6. The number of fused-ring (bicyclic) bond motifs is 1. The van der Waals surface area contributed by atoms with Crippen molar-refractivity contribution in [1.29, 1.82) is 0 Å². The molecule has 1 amide bonds. The van der Waals surface area contributed by atoms with Gasteiger partial charge in [-0.05, 0) is 24.7 Å². The SMILES string of the molecule is CN(CC(=O)Nc1ccccc1Cl)Cc1nc2scc(-c3ccccc3)c2c(=O)[nH]1. The Labute approximate surface area is 182 Å². The summed E-state index contributed by atoms with van der Waals surface area (Å²) in [6.07, 6.45) is 0. The van der Waals surface area contributed by atoms with Gasteiger partial charge in [0.05, 0.1) is 29.2 Å². The van der Waals surface area contributed by atoms with Crippen LogP contribution >= 0.6 is 22.9 Å². The van der Waals surface area contributed by atoms with E-state index < -0.39 is 0 Å². The third kappa shape index (κ3) is 4.43. The number of para-hydroxylation sites is 1. The molecule has 0 atom stereocenters. The Balaban J connectivity index is 1.48. The number of halogens is 1. The summed E-state index contributed by atoms with van der Waals surface area (Å²) < 4.78 is 0. The Bertz CT molecular complexity index is 1250. The summed E-state index contributed by atoms with van der Waals surface area (Å²) in [6.45, 7) is 0.465. The Morgan fingerprint density at radius 1 is 1.17 bits per heavy atom. The average Bonchev–Trinajstić information content (AvgIpc) is 3.15. The summed E-state index contributed by atoms with van der Waals surface area (Å²) in [4.78, 5) is 35.0. The second kappa shape index (κ2) is 8.79. The maximum Gasteiger partial charge on any atom is 0.260 e. The first-order chi connectivity index (χ1) is 14.5. The molecular formula is C22H19ClN4O2S. The van der Waals surface area contributed by atoms with E-state index in [4.69, 9.17) is 11.6 Å². The molecule has 0 aliphatic heterocycles. The number of thiophene rings is 1. The summed E-state index contributed by atoms with van der Waals surface area (Å²) in [6, 6.07) is 16.8. The summed E-state index contributed by atoms with van der Waals surface area (Å²) in [7, 11) is 1.79. The molecule has 2 aromatic carbocycles. The molecule has 152 valence electrons. The molecule has 0 spiro atoms. The van der Waals surface area contributed by atoms with E-state index in [9.17, 15) is 9.59 Å². The molecule has 2 aromatic heterocycles. The van der Waals surface area contributed by atoms with Gasteiger partial charge in [0.25, 0.3) is 5.56 Å². The third-order valence-electron chi connectivity index (χ3n) is 4.56.